The average Bonchev–Trinajstić information content (AvgIpc) is 2.28. The van der Waals surface area contributed by atoms with E-state index in [1.807, 2.05) is 25.1 Å². The van der Waals surface area contributed by atoms with E-state index in [0.29, 0.717) is 17.4 Å². The van der Waals surface area contributed by atoms with Crippen molar-refractivity contribution < 1.29 is 4.79 Å². The van der Waals surface area contributed by atoms with Crippen molar-refractivity contribution in [3.63, 3.8) is 0 Å². The Bertz CT molecular complexity index is 631. The van der Waals surface area contributed by atoms with Gasteiger partial charge in [0, 0.05) is 28.6 Å². The van der Waals surface area contributed by atoms with Crippen LogP contribution in [0, 0.1) is 6.92 Å². The fourth-order valence-corrected chi connectivity index (χ4v) is 2.02. The van der Waals surface area contributed by atoms with Crippen molar-refractivity contribution in [2.75, 3.05) is 0 Å². The number of benzene rings is 1. The van der Waals surface area contributed by atoms with E-state index in [4.69, 9.17) is 11.6 Å². The van der Waals surface area contributed by atoms with Gasteiger partial charge in [0.1, 0.15) is 0 Å². The number of fused-ring (bicyclic) bond motifs is 1. The Morgan fingerprint density at radius 1 is 1.35 bits per heavy atom. The van der Waals surface area contributed by atoms with Crippen molar-refractivity contribution in [3.05, 3.63) is 45.7 Å². The quantitative estimate of drug-likeness (QED) is 0.850. The summed E-state index contributed by atoms with van der Waals surface area (Å²) in [6, 6.07) is 7.34. The predicted octanol–water partition coefficient (Wildman–Crippen LogP) is 2.53. The summed E-state index contributed by atoms with van der Waals surface area (Å²) < 4.78 is 0. The van der Waals surface area contributed by atoms with Crippen LogP contribution in [0.15, 0.2) is 29.1 Å². The van der Waals surface area contributed by atoms with E-state index in [2.05, 4.69) is 4.98 Å². The van der Waals surface area contributed by atoms with Gasteiger partial charge in [0.05, 0.1) is 0 Å². The summed E-state index contributed by atoms with van der Waals surface area (Å²) in [6.45, 7) is 1.84. The topological polar surface area (TPSA) is 49.9 Å². The minimum absolute atomic E-state index is 0.0187. The van der Waals surface area contributed by atoms with Crippen LogP contribution in [0.5, 0.6) is 0 Å². The molecule has 0 unspecified atom stereocenters. The largest absolute Gasteiger partial charge is 0.358 e. The fourth-order valence-electron chi connectivity index (χ4n) is 1.92. The molecule has 1 heterocycles. The molecule has 0 saturated heterocycles. The van der Waals surface area contributed by atoms with Gasteiger partial charge in [0.25, 0.3) is 0 Å². The van der Waals surface area contributed by atoms with Crippen LogP contribution in [0.25, 0.3) is 10.9 Å². The molecule has 0 saturated carbocycles. The molecule has 88 valence electrons. The number of carbonyl (C=O) groups excluding carboxylic acids is 1. The molecule has 1 aromatic carbocycles. The molecule has 0 radical (unpaired) electrons. The highest BCUT2D eigenvalue weighted by atomic mass is 35.5. The van der Waals surface area contributed by atoms with Crippen molar-refractivity contribution in [1.82, 2.24) is 4.98 Å². The number of nitrogens with one attached hydrogen (secondary N) is 1. The standard InChI is InChI=1S/C13H12ClNO2/c1-8-9(6-7-12(14)16)13(17)10-4-2-3-5-11(10)15-8/h2-5H,6-7H2,1H3,(H,15,17). The third-order valence-corrected chi connectivity index (χ3v) is 2.98. The van der Waals surface area contributed by atoms with E-state index in [0.717, 1.165) is 11.2 Å². The van der Waals surface area contributed by atoms with Crippen LogP contribution in [-0.4, -0.2) is 10.2 Å². The van der Waals surface area contributed by atoms with Crippen LogP contribution in [0.1, 0.15) is 17.7 Å². The first-order valence-corrected chi connectivity index (χ1v) is 5.76. The van der Waals surface area contributed by atoms with Crippen LogP contribution >= 0.6 is 11.6 Å². The van der Waals surface area contributed by atoms with Gasteiger partial charge < -0.3 is 4.98 Å². The summed E-state index contributed by atoms with van der Waals surface area (Å²) in [7, 11) is 0. The number of pyridine rings is 1. The molecule has 4 heteroatoms. The van der Waals surface area contributed by atoms with Crippen LogP contribution in [0.4, 0.5) is 0 Å². The van der Waals surface area contributed by atoms with Crippen LogP contribution in [0.3, 0.4) is 0 Å². The molecular weight excluding hydrogens is 238 g/mol. The Morgan fingerprint density at radius 3 is 2.76 bits per heavy atom. The second-order valence-electron chi connectivity index (χ2n) is 3.96. The van der Waals surface area contributed by atoms with E-state index in [1.165, 1.54) is 0 Å². The van der Waals surface area contributed by atoms with Crippen molar-refractivity contribution in [3.8, 4) is 0 Å². The van der Waals surface area contributed by atoms with Gasteiger partial charge in [-0.25, -0.2) is 0 Å². The maximum absolute atomic E-state index is 12.2. The minimum Gasteiger partial charge on any atom is -0.358 e. The van der Waals surface area contributed by atoms with E-state index in [9.17, 15) is 9.59 Å². The molecule has 1 N–H and O–H groups in total. The predicted molar refractivity (Wildman–Crippen MR) is 68.5 cm³/mol. The monoisotopic (exact) mass is 249 g/mol. The van der Waals surface area contributed by atoms with Gasteiger partial charge in [-0.05, 0) is 37.1 Å². The van der Waals surface area contributed by atoms with Gasteiger partial charge >= 0.3 is 0 Å². The van der Waals surface area contributed by atoms with Gasteiger partial charge in [-0.1, -0.05) is 12.1 Å². The highest BCUT2D eigenvalue weighted by Crippen LogP contribution is 2.12. The number of aromatic amines is 1. The fraction of sp³-hybridized carbons (Fsp3) is 0.231. The van der Waals surface area contributed by atoms with E-state index < -0.39 is 5.24 Å². The summed E-state index contributed by atoms with van der Waals surface area (Å²) in [6.07, 6.45) is 0.568. The van der Waals surface area contributed by atoms with Gasteiger partial charge in [-0.2, -0.15) is 0 Å². The molecule has 0 amide bonds. The smallest absolute Gasteiger partial charge is 0.221 e. The number of hydrogen-bond acceptors (Lipinski definition) is 2. The summed E-state index contributed by atoms with van der Waals surface area (Å²) in [5.41, 5.74) is 2.23. The molecule has 2 rings (SSSR count). The molecule has 3 nitrogen and oxygen atoms in total. The van der Waals surface area contributed by atoms with E-state index in [-0.39, 0.29) is 11.8 Å². The highest BCUT2D eigenvalue weighted by molar-refractivity contribution is 6.63. The van der Waals surface area contributed by atoms with Crippen LogP contribution < -0.4 is 5.43 Å². The number of hydrogen-bond donors (Lipinski definition) is 1. The first kappa shape index (κ1) is 11.9. The van der Waals surface area contributed by atoms with Gasteiger partial charge in [-0.15, -0.1) is 0 Å². The SMILES string of the molecule is Cc1[nH]c2ccccc2c(=O)c1CCC(=O)Cl. The Morgan fingerprint density at radius 2 is 2.06 bits per heavy atom. The second-order valence-corrected chi connectivity index (χ2v) is 4.38. The lowest BCUT2D eigenvalue weighted by atomic mass is 10.0. The number of carbonyl (C=O) groups is 1. The number of halogens is 1. The molecular formula is C13H12ClNO2. The van der Waals surface area contributed by atoms with Gasteiger partial charge in [0.2, 0.25) is 5.24 Å². The molecule has 0 aliphatic rings. The first-order valence-electron chi connectivity index (χ1n) is 5.38. The number of H-pyrrole nitrogens is 1. The average molecular weight is 250 g/mol. The molecule has 0 aliphatic carbocycles. The maximum atomic E-state index is 12.2. The van der Waals surface area contributed by atoms with E-state index >= 15 is 0 Å². The lowest BCUT2D eigenvalue weighted by molar-refractivity contribution is -0.111. The first-order chi connectivity index (χ1) is 8.09. The zero-order valence-corrected chi connectivity index (χ0v) is 10.2. The van der Waals surface area contributed by atoms with E-state index in [1.54, 1.807) is 6.07 Å². The Kier molecular flexibility index (Phi) is 3.29. The van der Waals surface area contributed by atoms with Crippen molar-refractivity contribution in [2.24, 2.45) is 0 Å². The second kappa shape index (κ2) is 4.72. The zero-order valence-electron chi connectivity index (χ0n) is 9.42. The zero-order chi connectivity index (χ0) is 12.4. The molecule has 17 heavy (non-hydrogen) atoms. The Balaban J connectivity index is 2.56. The van der Waals surface area contributed by atoms with Gasteiger partial charge in [-0.3, -0.25) is 9.59 Å². The number of rotatable bonds is 3. The summed E-state index contributed by atoms with van der Waals surface area (Å²) in [4.78, 5) is 26.1. The Labute approximate surface area is 103 Å². The van der Waals surface area contributed by atoms with Crippen LogP contribution in [0.2, 0.25) is 0 Å². The minimum atomic E-state index is -0.419. The third-order valence-electron chi connectivity index (χ3n) is 2.79. The van der Waals surface area contributed by atoms with Crippen LogP contribution in [-0.2, 0) is 11.2 Å². The molecule has 1 aromatic heterocycles. The normalized spacial score (nSPS) is 10.7. The lowest BCUT2D eigenvalue weighted by Gasteiger charge is -2.06. The summed E-state index contributed by atoms with van der Waals surface area (Å²) in [5.74, 6) is 0. The molecule has 2 aromatic rings. The molecule has 0 aliphatic heterocycles. The highest BCUT2D eigenvalue weighted by Gasteiger charge is 2.09. The lowest BCUT2D eigenvalue weighted by Crippen LogP contribution is -2.14. The molecule has 0 fully saturated rings. The van der Waals surface area contributed by atoms with Crippen molar-refractivity contribution in [1.29, 1.82) is 0 Å². The Hall–Kier alpha value is -1.61. The third kappa shape index (κ3) is 2.39. The maximum Gasteiger partial charge on any atom is 0.221 e. The van der Waals surface area contributed by atoms with Gasteiger partial charge in [0.15, 0.2) is 5.43 Å². The molecule has 0 atom stereocenters. The molecule has 0 bridgehead atoms. The number of aryl methyl sites for hydroxylation is 1. The van der Waals surface area contributed by atoms with Crippen molar-refractivity contribution >= 4 is 27.7 Å². The van der Waals surface area contributed by atoms with Crippen molar-refractivity contribution in [2.45, 2.75) is 19.8 Å². The molecule has 0 spiro atoms. The summed E-state index contributed by atoms with van der Waals surface area (Å²) >= 11 is 5.30. The number of aromatic nitrogens is 1. The number of para-hydroxylation sites is 1. The summed E-state index contributed by atoms with van der Waals surface area (Å²) in [5, 5.41) is 0.229.